The quantitative estimate of drug-likeness (QED) is 0.688. The van der Waals surface area contributed by atoms with Gasteiger partial charge in [0.05, 0.1) is 0 Å². The summed E-state index contributed by atoms with van der Waals surface area (Å²) in [4.78, 5) is 2.45. The Morgan fingerprint density at radius 1 is 1.15 bits per heavy atom. The second-order valence-corrected chi connectivity index (χ2v) is 4.18. The summed E-state index contributed by atoms with van der Waals surface area (Å²) in [6, 6.07) is 1.22. The molecule has 0 aromatic rings. The van der Waals surface area contributed by atoms with Crippen LogP contribution in [0.2, 0.25) is 0 Å². The first-order chi connectivity index (χ1) is 6.08. The van der Waals surface area contributed by atoms with Gasteiger partial charge in [-0.15, -0.1) is 0 Å². The lowest BCUT2D eigenvalue weighted by Gasteiger charge is -2.36. The van der Waals surface area contributed by atoms with Crippen molar-refractivity contribution in [2.75, 3.05) is 13.6 Å². The van der Waals surface area contributed by atoms with E-state index in [0.29, 0.717) is 18.0 Å². The molecular weight excluding hydrogens is 160 g/mol. The predicted molar refractivity (Wildman–Crippen MR) is 59.8 cm³/mol. The average Bonchev–Trinajstić information content (AvgIpc) is 2.07. The number of nitrogens with two attached hydrogens (primary N) is 1. The smallest absolute Gasteiger partial charge is 0.0241 e. The average molecular weight is 186 g/mol. The van der Waals surface area contributed by atoms with Crippen LogP contribution in [0, 0.1) is 5.92 Å². The van der Waals surface area contributed by atoms with Gasteiger partial charge in [-0.3, -0.25) is 4.90 Å². The molecule has 1 atom stereocenters. The van der Waals surface area contributed by atoms with Crippen molar-refractivity contribution in [3.63, 3.8) is 0 Å². The number of likely N-dealkylation sites (N-methyl/N-ethyl adjacent to an activating group) is 1. The van der Waals surface area contributed by atoms with Crippen LogP contribution in [0.3, 0.4) is 0 Å². The van der Waals surface area contributed by atoms with Crippen LogP contribution >= 0.6 is 0 Å². The molecule has 0 amide bonds. The molecule has 0 saturated heterocycles. The molecule has 80 valence electrons. The van der Waals surface area contributed by atoms with Gasteiger partial charge in [-0.25, -0.2) is 0 Å². The lowest BCUT2D eigenvalue weighted by atomic mass is 9.99. The minimum absolute atomic E-state index is 0.532. The van der Waals surface area contributed by atoms with Crippen LogP contribution in [0.15, 0.2) is 0 Å². The van der Waals surface area contributed by atoms with Gasteiger partial charge in [0.15, 0.2) is 0 Å². The van der Waals surface area contributed by atoms with Crippen molar-refractivity contribution in [1.29, 1.82) is 0 Å². The summed E-state index contributed by atoms with van der Waals surface area (Å²) >= 11 is 0. The van der Waals surface area contributed by atoms with Crippen molar-refractivity contribution in [1.82, 2.24) is 4.90 Å². The largest absolute Gasteiger partial charge is 0.329 e. The van der Waals surface area contributed by atoms with Crippen LogP contribution in [0.5, 0.6) is 0 Å². The van der Waals surface area contributed by atoms with Crippen LogP contribution in [0.25, 0.3) is 0 Å². The van der Waals surface area contributed by atoms with E-state index in [0.717, 1.165) is 6.54 Å². The highest BCUT2D eigenvalue weighted by Gasteiger charge is 2.21. The molecule has 0 spiro atoms. The van der Waals surface area contributed by atoms with Crippen molar-refractivity contribution in [3.8, 4) is 0 Å². The minimum Gasteiger partial charge on any atom is -0.329 e. The van der Waals surface area contributed by atoms with Gasteiger partial charge in [-0.05, 0) is 25.8 Å². The Hall–Kier alpha value is -0.0800. The van der Waals surface area contributed by atoms with Gasteiger partial charge >= 0.3 is 0 Å². The second kappa shape index (κ2) is 6.39. The van der Waals surface area contributed by atoms with Crippen LogP contribution in [-0.2, 0) is 0 Å². The Morgan fingerprint density at radius 3 is 1.85 bits per heavy atom. The zero-order valence-corrected chi connectivity index (χ0v) is 9.88. The summed E-state index contributed by atoms with van der Waals surface area (Å²) in [5.74, 6) is 0.649. The van der Waals surface area contributed by atoms with E-state index < -0.39 is 0 Å². The topological polar surface area (TPSA) is 29.3 Å². The first-order valence-corrected chi connectivity index (χ1v) is 5.50. The summed E-state index contributed by atoms with van der Waals surface area (Å²) in [6.07, 6.45) is 2.44. The van der Waals surface area contributed by atoms with Crippen molar-refractivity contribution in [2.45, 2.75) is 52.6 Å². The Balaban J connectivity index is 4.24. The molecule has 0 aromatic heterocycles. The number of hydrogen-bond acceptors (Lipinski definition) is 2. The molecule has 2 N–H and O–H groups in total. The Kier molecular flexibility index (Phi) is 6.35. The standard InChI is InChI=1S/C11H26N2/c1-6-10(7-2)13(5)11(8-12)9(3)4/h9-11H,6-8,12H2,1-5H3. The molecule has 0 rings (SSSR count). The van der Waals surface area contributed by atoms with E-state index in [9.17, 15) is 0 Å². The molecule has 0 heterocycles. The zero-order chi connectivity index (χ0) is 10.4. The molecule has 13 heavy (non-hydrogen) atoms. The minimum atomic E-state index is 0.532. The van der Waals surface area contributed by atoms with Crippen molar-refractivity contribution < 1.29 is 0 Å². The number of nitrogens with zero attached hydrogens (tertiary/aromatic N) is 1. The van der Waals surface area contributed by atoms with Crippen LogP contribution < -0.4 is 5.73 Å². The van der Waals surface area contributed by atoms with Gasteiger partial charge in [-0.2, -0.15) is 0 Å². The second-order valence-electron chi connectivity index (χ2n) is 4.18. The molecule has 0 aliphatic rings. The highest BCUT2D eigenvalue weighted by atomic mass is 15.2. The molecule has 0 fully saturated rings. The molecule has 2 heteroatoms. The highest BCUT2D eigenvalue weighted by molar-refractivity contribution is 4.78. The van der Waals surface area contributed by atoms with E-state index in [2.05, 4.69) is 39.6 Å². The summed E-state index contributed by atoms with van der Waals surface area (Å²) < 4.78 is 0. The first-order valence-electron chi connectivity index (χ1n) is 5.50. The van der Waals surface area contributed by atoms with Crippen LogP contribution in [0.1, 0.15) is 40.5 Å². The van der Waals surface area contributed by atoms with Gasteiger partial charge in [-0.1, -0.05) is 27.7 Å². The highest BCUT2D eigenvalue weighted by Crippen LogP contribution is 2.15. The van der Waals surface area contributed by atoms with Gasteiger partial charge in [0.25, 0.3) is 0 Å². The van der Waals surface area contributed by atoms with Gasteiger partial charge < -0.3 is 5.73 Å². The molecule has 2 nitrogen and oxygen atoms in total. The monoisotopic (exact) mass is 186 g/mol. The lowest BCUT2D eigenvalue weighted by Crippen LogP contribution is -2.46. The molecule has 0 aliphatic heterocycles. The third-order valence-corrected chi connectivity index (χ3v) is 3.05. The molecule has 0 radical (unpaired) electrons. The molecular formula is C11H26N2. The zero-order valence-electron chi connectivity index (χ0n) is 9.88. The fraction of sp³-hybridized carbons (Fsp3) is 1.00. The molecule has 0 saturated carbocycles. The summed E-state index contributed by atoms with van der Waals surface area (Å²) in [5, 5.41) is 0. The summed E-state index contributed by atoms with van der Waals surface area (Å²) in [7, 11) is 2.20. The summed E-state index contributed by atoms with van der Waals surface area (Å²) in [6.45, 7) is 9.76. The summed E-state index contributed by atoms with van der Waals surface area (Å²) in [5.41, 5.74) is 5.78. The Bertz CT molecular complexity index is 119. The number of rotatable bonds is 6. The third-order valence-electron chi connectivity index (χ3n) is 3.05. The maximum Gasteiger partial charge on any atom is 0.0241 e. The van der Waals surface area contributed by atoms with E-state index in [4.69, 9.17) is 5.73 Å². The third kappa shape index (κ3) is 3.65. The molecule has 0 aromatic carbocycles. The van der Waals surface area contributed by atoms with Crippen molar-refractivity contribution >= 4 is 0 Å². The van der Waals surface area contributed by atoms with E-state index in [1.54, 1.807) is 0 Å². The van der Waals surface area contributed by atoms with Crippen LogP contribution in [-0.4, -0.2) is 30.6 Å². The van der Waals surface area contributed by atoms with Gasteiger partial charge in [0.2, 0.25) is 0 Å². The molecule has 0 aliphatic carbocycles. The maximum atomic E-state index is 5.78. The molecule has 0 bridgehead atoms. The lowest BCUT2D eigenvalue weighted by molar-refractivity contribution is 0.133. The van der Waals surface area contributed by atoms with E-state index in [-0.39, 0.29) is 0 Å². The van der Waals surface area contributed by atoms with Crippen LogP contribution in [0.4, 0.5) is 0 Å². The van der Waals surface area contributed by atoms with Crippen molar-refractivity contribution in [2.24, 2.45) is 11.7 Å². The van der Waals surface area contributed by atoms with E-state index in [1.807, 2.05) is 0 Å². The van der Waals surface area contributed by atoms with E-state index >= 15 is 0 Å². The fourth-order valence-electron chi connectivity index (χ4n) is 2.04. The normalized spacial score (nSPS) is 14.5. The number of hydrogen-bond donors (Lipinski definition) is 1. The maximum absolute atomic E-state index is 5.78. The predicted octanol–water partition coefficient (Wildman–Crippen LogP) is 2.09. The van der Waals surface area contributed by atoms with E-state index in [1.165, 1.54) is 12.8 Å². The molecule has 1 unspecified atom stereocenters. The first kappa shape index (κ1) is 12.9. The van der Waals surface area contributed by atoms with Gasteiger partial charge in [0, 0.05) is 18.6 Å². The van der Waals surface area contributed by atoms with Gasteiger partial charge in [0.1, 0.15) is 0 Å². The Morgan fingerprint density at radius 2 is 1.62 bits per heavy atom. The SMILES string of the molecule is CCC(CC)N(C)C(CN)C(C)C. The fourth-order valence-corrected chi connectivity index (χ4v) is 2.04. The Labute approximate surface area is 83.5 Å². The van der Waals surface area contributed by atoms with Crippen molar-refractivity contribution in [3.05, 3.63) is 0 Å².